The molecule has 5 heteroatoms. The number of thioether (sulfide) groups is 1. The number of halogens is 2. The van der Waals surface area contributed by atoms with Crippen molar-refractivity contribution in [2.75, 3.05) is 5.75 Å². The normalized spacial score (nSPS) is 12.4. The number of pyridine rings is 1. The van der Waals surface area contributed by atoms with Crippen molar-refractivity contribution in [2.45, 2.75) is 17.4 Å². The summed E-state index contributed by atoms with van der Waals surface area (Å²) in [6, 6.07) is 8.72. The third-order valence-corrected chi connectivity index (χ3v) is 4.22. The molecule has 19 heavy (non-hydrogen) atoms. The van der Waals surface area contributed by atoms with Gasteiger partial charge in [-0.2, -0.15) is 0 Å². The summed E-state index contributed by atoms with van der Waals surface area (Å²) in [6.45, 7) is 0. The van der Waals surface area contributed by atoms with Gasteiger partial charge in [-0.05, 0) is 46.1 Å². The van der Waals surface area contributed by atoms with Crippen molar-refractivity contribution in [1.82, 2.24) is 4.98 Å². The second-order valence-corrected chi connectivity index (χ2v) is 6.19. The van der Waals surface area contributed by atoms with Crippen molar-refractivity contribution in [3.8, 4) is 0 Å². The van der Waals surface area contributed by atoms with Gasteiger partial charge in [0.1, 0.15) is 5.82 Å². The Balaban J connectivity index is 1.88. The first-order valence-corrected chi connectivity index (χ1v) is 7.65. The lowest BCUT2D eigenvalue weighted by Crippen LogP contribution is -2.25. The zero-order valence-corrected chi connectivity index (χ0v) is 12.6. The molecule has 2 aromatic rings. The van der Waals surface area contributed by atoms with Gasteiger partial charge in [0.15, 0.2) is 0 Å². The van der Waals surface area contributed by atoms with Crippen LogP contribution in [0.3, 0.4) is 0 Å². The number of nitrogens with two attached hydrogens (primary N) is 1. The predicted octanol–water partition coefficient (Wildman–Crippen LogP) is 3.65. The average molecular weight is 341 g/mol. The van der Waals surface area contributed by atoms with Crippen LogP contribution in [0, 0.1) is 5.82 Å². The Morgan fingerprint density at radius 1 is 1.32 bits per heavy atom. The van der Waals surface area contributed by atoms with Gasteiger partial charge in [-0.1, -0.05) is 12.1 Å². The third kappa shape index (κ3) is 4.60. The Morgan fingerprint density at radius 3 is 2.84 bits per heavy atom. The van der Waals surface area contributed by atoms with E-state index in [2.05, 4.69) is 20.9 Å². The number of hydrogen-bond donors (Lipinski definition) is 1. The first-order valence-electron chi connectivity index (χ1n) is 5.87. The highest BCUT2D eigenvalue weighted by Gasteiger charge is 2.08. The summed E-state index contributed by atoms with van der Waals surface area (Å²) in [5.41, 5.74) is 7.15. The van der Waals surface area contributed by atoms with Crippen molar-refractivity contribution in [1.29, 1.82) is 0 Å². The number of nitrogens with zero attached hydrogens (tertiary/aromatic N) is 1. The Kier molecular flexibility index (Phi) is 5.36. The lowest BCUT2D eigenvalue weighted by molar-refractivity contribution is 0.601. The van der Waals surface area contributed by atoms with Crippen LogP contribution in [0.4, 0.5) is 4.39 Å². The van der Waals surface area contributed by atoms with E-state index in [4.69, 9.17) is 5.73 Å². The van der Waals surface area contributed by atoms with E-state index >= 15 is 0 Å². The molecule has 1 atom stereocenters. The highest BCUT2D eigenvalue weighted by molar-refractivity contribution is 9.10. The molecule has 100 valence electrons. The minimum Gasteiger partial charge on any atom is -0.327 e. The van der Waals surface area contributed by atoms with Crippen LogP contribution in [0.2, 0.25) is 0 Å². The molecule has 2 rings (SSSR count). The largest absolute Gasteiger partial charge is 0.327 e. The third-order valence-electron chi connectivity index (χ3n) is 2.55. The molecule has 0 aliphatic carbocycles. The molecule has 0 aliphatic heterocycles. The topological polar surface area (TPSA) is 38.9 Å². The standard InChI is InChI=1S/C14H14BrFN2S/c15-11-5-10(7-18-8-11)6-12(17)9-19-14-4-2-1-3-13(14)16/h1-5,7-8,12H,6,9,17H2. The van der Waals surface area contributed by atoms with Crippen LogP contribution in [0.5, 0.6) is 0 Å². The predicted molar refractivity (Wildman–Crippen MR) is 80.7 cm³/mol. The van der Waals surface area contributed by atoms with Gasteiger partial charge in [-0.25, -0.2) is 4.39 Å². The fourth-order valence-corrected chi connectivity index (χ4v) is 2.99. The van der Waals surface area contributed by atoms with Crippen molar-refractivity contribution in [2.24, 2.45) is 5.73 Å². The van der Waals surface area contributed by atoms with Gasteiger partial charge in [0.2, 0.25) is 0 Å². The zero-order chi connectivity index (χ0) is 13.7. The molecule has 1 unspecified atom stereocenters. The molecule has 0 fully saturated rings. The van der Waals surface area contributed by atoms with E-state index in [-0.39, 0.29) is 11.9 Å². The molecule has 1 aromatic carbocycles. The SMILES string of the molecule is NC(CSc1ccccc1F)Cc1cncc(Br)c1. The van der Waals surface area contributed by atoms with Gasteiger partial charge in [-0.15, -0.1) is 11.8 Å². The molecule has 0 amide bonds. The van der Waals surface area contributed by atoms with Crippen LogP contribution in [-0.4, -0.2) is 16.8 Å². The summed E-state index contributed by atoms with van der Waals surface area (Å²) in [5, 5.41) is 0. The fraction of sp³-hybridized carbons (Fsp3) is 0.214. The summed E-state index contributed by atoms with van der Waals surface area (Å²) >= 11 is 4.83. The molecule has 2 nitrogen and oxygen atoms in total. The number of aromatic nitrogens is 1. The van der Waals surface area contributed by atoms with Crippen LogP contribution in [0.25, 0.3) is 0 Å². The Morgan fingerprint density at radius 2 is 2.11 bits per heavy atom. The lowest BCUT2D eigenvalue weighted by atomic mass is 10.1. The first-order chi connectivity index (χ1) is 9.15. The zero-order valence-electron chi connectivity index (χ0n) is 10.2. The minimum absolute atomic E-state index is 0.0271. The molecule has 0 bridgehead atoms. The highest BCUT2D eigenvalue weighted by Crippen LogP contribution is 2.22. The highest BCUT2D eigenvalue weighted by atomic mass is 79.9. The molecule has 0 saturated carbocycles. The molecule has 1 heterocycles. The maximum atomic E-state index is 13.4. The Labute approximate surface area is 124 Å². The molecule has 1 aromatic heterocycles. The number of benzene rings is 1. The quantitative estimate of drug-likeness (QED) is 0.844. The summed E-state index contributed by atoms with van der Waals surface area (Å²) in [4.78, 5) is 4.74. The number of rotatable bonds is 5. The van der Waals surface area contributed by atoms with Crippen molar-refractivity contribution in [3.05, 3.63) is 58.6 Å². The maximum absolute atomic E-state index is 13.4. The summed E-state index contributed by atoms with van der Waals surface area (Å²) in [5.74, 6) is 0.483. The fourth-order valence-electron chi connectivity index (χ4n) is 1.69. The Bertz CT molecular complexity index is 550. The van der Waals surface area contributed by atoms with Crippen molar-refractivity contribution >= 4 is 27.7 Å². The van der Waals surface area contributed by atoms with E-state index in [1.807, 2.05) is 12.1 Å². The monoisotopic (exact) mass is 340 g/mol. The van der Waals surface area contributed by atoms with Crippen LogP contribution in [-0.2, 0) is 6.42 Å². The van der Waals surface area contributed by atoms with E-state index in [0.29, 0.717) is 10.6 Å². The van der Waals surface area contributed by atoms with Crippen LogP contribution < -0.4 is 5.73 Å². The first kappa shape index (κ1) is 14.5. The molecule has 0 spiro atoms. The minimum atomic E-state index is -0.191. The molecular weight excluding hydrogens is 327 g/mol. The van der Waals surface area contributed by atoms with Crippen molar-refractivity contribution < 1.29 is 4.39 Å². The van der Waals surface area contributed by atoms with Gasteiger partial charge in [0.25, 0.3) is 0 Å². The van der Waals surface area contributed by atoms with Crippen LogP contribution in [0.15, 0.2) is 52.1 Å². The van der Waals surface area contributed by atoms with E-state index in [0.717, 1.165) is 16.5 Å². The van der Waals surface area contributed by atoms with Gasteiger partial charge < -0.3 is 5.73 Å². The molecular formula is C14H14BrFN2S. The lowest BCUT2D eigenvalue weighted by Gasteiger charge is -2.11. The summed E-state index contributed by atoms with van der Waals surface area (Å²) in [6.07, 6.45) is 4.27. The van der Waals surface area contributed by atoms with E-state index in [9.17, 15) is 4.39 Å². The van der Waals surface area contributed by atoms with E-state index in [1.165, 1.54) is 17.8 Å². The average Bonchev–Trinajstić information content (AvgIpc) is 2.38. The Hall–Kier alpha value is -0.910. The molecule has 0 saturated heterocycles. The maximum Gasteiger partial charge on any atom is 0.136 e. The van der Waals surface area contributed by atoms with E-state index in [1.54, 1.807) is 24.5 Å². The smallest absolute Gasteiger partial charge is 0.136 e. The van der Waals surface area contributed by atoms with Gasteiger partial charge in [0, 0.05) is 33.6 Å². The molecule has 2 N–H and O–H groups in total. The molecule has 0 aliphatic rings. The van der Waals surface area contributed by atoms with Crippen molar-refractivity contribution in [3.63, 3.8) is 0 Å². The number of hydrogen-bond acceptors (Lipinski definition) is 3. The van der Waals surface area contributed by atoms with Gasteiger partial charge in [0.05, 0.1) is 0 Å². The second-order valence-electron chi connectivity index (χ2n) is 4.22. The summed E-state index contributed by atoms with van der Waals surface area (Å²) in [7, 11) is 0. The van der Waals surface area contributed by atoms with Gasteiger partial charge >= 0.3 is 0 Å². The van der Waals surface area contributed by atoms with Crippen LogP contribution in [0.1, 0.15) is 5.56 Å². The summed E-state index contributed by atoms with van der Waals surface area (Å²) < 4.78 is 14.4. The van der Waals surface area contributed by atoms with Crippen LogP contribution >= 0.6 is 27.7 Å². The second kappa shape index (κ2) is 7.03. The van der Waals surface area contributed by atoms with E-state index < -0.39 is 0 Å². The molecule has 0 radical (unpaired) electrons. The van der Waals surface area contributed by atoms with Gasteiger partial charge in [-0.3, -0.25) is 4.98 Å².